The third-order valence-corrected chi connectivity index (χ3v) is 6.87. The third-order valence-electron chi connectivity index (χ3n) is 6.62. The Balaban J connectivity index is 1.28. The summed E-state index contributed by atoms with van der Waals surface area (Å²) in [4.78, 5) is 13.2. The topological polar surface area (TPSA) is 53.9 Å². The van der Waals surface area contributed by atoms with Gasteiger partial charge in [0.2, 0.25) is 0 Å². The molecule has 0 bridgehead atoms. The Morgan fingerprint density at radius 3 is 2.08 bits per heavy atom. The van der Waals surface area contributed by atoms with Crippen LogP contribution < -0.4 is 10.1 Å². The molecule has 0 spiro atoms. The van der Waals surface area contributed by atoms with Crippen molar-refractivity contribution in [1.29, 1.82) is 0 Å². The first-order valence-corrected chi connectivity index (χ1v) is 13.1. The van der Waals surface area contributed by atoms with Crippen LogP contribution in [0, 0.1) is 5.82 Å². The standard InChI is InChI=1S/C32H29ClFN3O2/c1-32(2,3)23-8-16-27(17-9-23)39-28-18-14-26(15-19-28)35-31(38)37-20-29(21-6-12-25(34)13-7-21)30(36-37)22-4-10-24(33)11-5-22/h4-19,29H,20H2,1-3H3,(H,35,38). The summed E-state index contributed by atoms with van der Waals surface area (Å²) in [7, 11) is 0. The number of hydrogen-bond acceptors (Lipinski definition) is 3. The van der Waals surface area contributed by atoms with Gasteiger partial charge in [-0.25, -0.2) is 14.2 Å². The molecule has 0 fully saturated rings. The maximum Gasteiger partial charge on any atom is 0.342 e. The van der Waals surface area contributed by atoms with Crippen molar-refractivity contribution in [3.8, 4) is 11.5 Å². The van der Waals surface area contributed by atoms with E-state index in [1.807, 2.05) is 24.3 Å². The highest BCUT2D eigenvalue weighted by Gasteiger charge is 2.32. The largest absolute Gasteiger partial charge is 0.457 e. The summed E-state index contributed by atoms with van der Waals surface area (Å²) in [5.74, 6) is 0.883. The van der Waals surface area contributed by atoms with E-state index in [0.29, 0.717) is 23.0 Å². The van der Waals surface area contributed by atoms with E-state index in [0.717, 1.165) is 22.6 Å². The van der Waals surface area contributed by atoms with Gasteiger partial charge in [-0.05, 0) is 82.8 Å². The van der Waals surface area contributed by atoms with Crippen molar-refractivity contribution in [3.63, 3.8) is 0 Å². The van der Waals surface area contributed by atoms with Gasteiger partial charge in [-0.3, -0.25) is 0 Å². The van der Waals surface area contributed by atoms with Crippen LogP contribution in [0.5, 0.6) is 11.5 Å². The van der Waals surface area contributed by atoms with Gasteiger partial charge in [-0.15, -0.1) is 0 Å². The molecular weight excluding hydrogens is 513 g/mol. The normalized spacial score (nSPS) is 15.2. The van der Waals surface area contributed by atoms with E-state index in [1.54, 1.807) is 48.5 Å². The fourth-order valence-corrected chi connectivity index (χ4v) is 4.55. The van der Waals surface area contributed by atoms with Crippen LogP contribution in [0.3, 0.4) is 0 Å². The number of amides is 2. The smallest absolute Gasteiger partial charge is 0.342 e. The maximum absolute atomic E-state index is 13.6. The van der Waals surface area contributed by atoms with E-state index in [4.69, 9.17) is 16.3 Å². The minimum absolute atomic E-state index is 0.0758. The molecule has 5 rings (SSSR count). The zero-order chi connectivity index (χ0) is 27.6. The minimum Gasteiger partial charge on any atom is -0.457 e. The van der Waals surface area contributed by atoms with Crippen LogP contribution in [0.15, 0.2) is 102 Å². The van der Waals surface area contributed by atoms with E-state index >= 15 is 0 Å². The highest BCUT2D eigenvalue weighted by molar-refractivity contribution is 6.30. The molecule has 0 aliphatic carbocycles. The van der Waals surface area contributed by atoms with Gasteiger partial charge >= 0.3 is 6.03 Å². The lowest BCUT2D eigenvalue weighted by Crippen LogP contribution is -2.30. The van der Waals surface area contributed by atoms with E-state index < -0.39 is 0 Å². The van der Waals surface area contributed by atoms with Gasteiger partial charge in [-0.2, -0.15) is 5.10 Å². The van der Waals surface area contributed by atoms with Crippen LogP contribution in [0.25, 0.3) is 0 Å². The van der Waals surface area contributed by atoms with Crippen molar-refractivity contribution in [2.45, 2.75) is 32.1 Å². The Kier molecular flexibility index (Phi) is 7.40. The molecule has 4 aromatic rings. The van der Waals surface area contributed by atoms with Gasteiger partial charge in [-0.1, -0.05) is 68.8 Å². The highest BCUT2D eigenvalue weighted by Crippen LogP contribution is 2.31. The Morgan fingerprint density at radius 2 is 1.49 bits per heavy atom. The molecule has 39 heavy (non-hydrogen) atoms. The van der Waals surface area contributed by atoms with Crippen molar-refractivity contribution < 1.29 is 13.9 Å². The number of anilines is 1. The van der Waals surface area contributed by atoms with E-state index in [9.17, 15) is 9.18 Å². The SMILES string of the molecule is CC(C)(C)c1ccc(Oc2ccc(NC(=O)N3CC(c4ccc(F)cc4)C(c4ccc(Cl)cc4)=N3)cc2)cc1. The molecule has 0 saturated carbocycles. The molecule has 2 amide bonds. The fourth-order valence-electron chi connectivity index (χ4n) is 4.42. The van der Waals surface area contributed by atoms with Gasteiger partial charge in [0.25, 0.3) is 0 Å². The number of carbonyl (C=O) groups excluding carboxylic acids is 1. The average molecular weight is 542 g/mol. The Labute approximate surface area is 232 Å². The summed E-state index contributed by atoms with van der Waals surface area (Å²) in [6.45, 7) is 6.83. The average Bonchev–Trinajstić information content (AvgIpc) is 3.36. The van der Waals surface area contributed by atoms with Crippen LogP contribution in [0.1, 0.15) is 43.4 Å². The second-order valence-corrected chi connectivity index (χ2v) is 10.9. The molecule has 1 heterocycles. The fraction of sp³-hybridized carbons (Fsp3) is 0.188. The second-order valence-electron chi connectivity index (χ2n) is 10.5. The lowest BCUT2D eigenvalue weighted by atomic mass is 9.87. The molecule has 0 radical (unpaired) electrons. The lowest BCUT2D eigenvalue weighted by molar-refractivity contribution is 0.218. The first-order chi connectivity index (χ1) is 18.7. The number of nitrogens with one attached hydrogen (secondary N) is 1. The summed E-state index contributed by atoms with van der Waals surface area (Å²) in [6, 6.07) is 28.5. The van der Waals surface area contributed by atoms with E-state index in [1.165, 1.54) is 22.7 Å². The number of urea groups is 1. The molecule has 1 N–H and O–H groups in total. The molecule has 4 aromatic carbocycles. The minimum atomic E-state index is -0.363. The predicted octanol–water partition coefficient (Wildman–Crippen LogP) is 8.60. The zero-order valence-corrected chi connectivity index (χ0v) is 22.7. The highest BCUT2D eigenvalue weighted by atomic mass is 35.5. The second kappa shape index (κ2) is 10.9. The zero-order valence-electron chi connectivity index (χ0n) is 22.0. The first kappa shape index (κ1) is 26.4. The molecule has 5 nitrogen and oxygen atoms in total. The van der Waals surface area contributed by atoms with Crippen molar-refractivity contribution >= 4 is 29.0 Å². The molecule has 1 atom stereocenters. The maximum atomic E-state index is 13.6. The quantitative estimate of drug-likeness (QED) is 0.275. The van der Waals surface area contributed by atoms with Gasteiger partial charge in [0.05, 0.1) is 12.3 Å². The summed E-state index contributed by atoms with van der Waals surface area (Å²) < 4.78 is 19.5. The first-order valence-electron chi connectivity index (χ1n) is 12.7. The summed E-state index contributed by atoms with van der Waals surface area (Å²) in [5, 5.41) is 9.56. The van der Waals surface area contributed by atoms with Gasteiger partial charge in [0.1, 0.15) is 17.3 Å². The molecule has 198 valence electrons. The van der Waals surface area contributed by atoms with Crippen LogP contribution in [-0.4, -0.2) is 23.3 Å². The molecule has 7 heteroatoms. The number of carbonyl (C=O) groups is 1. The van der Waals surface area contributed by atoms with Gasteiger partial charge < -0.3 is 10.1 Å². The molecule has 1 unspecified atom stereocenters. The Bertz CT molecular complexity index is 1480. The Morgan fingerprint density at radius 1 is 0.897 bits per heavy atom. The monoisotopic (exact) mass is 541 g/mol. The molecule has 0 saturated heterocycles. The van der Waals surface area contributed by atoms with Gasteiger partial charge in [0, 0.05) is 16.6 Å². The molecule has 1 aliphatic heterocycles. The molecule has 0 aromatic heterocycles. The predicted molar refractivity (Wildman–Crippen MR) is 155 cm³/mol. The van der Waals surface area contributed by atoms with Crippen LogP contribution in [0.4, 0.5) is 14.9 Å². The number of nitrogens with zero attached hydrogens (tertiary/aromatic N) is 2. The lowest BCUT2D eigenvalue weighted by Gasteiger charge is -2.19. The molecule has 1 aliphatic rings. The van der Waals surface area contributed by atoms with E-state index in [-0.39, 0.29) is 23.2 Å². The third kappa shape index (κ3) is 6.29. The molecular formula is C32H29ClFN3O2. The summed E-state index contributed by atoms with van der Waals surface area (Å²) in [6.07, 6.45) is 0. The number of rotatable bonds is 5. The number of ether oxygens (including phenoxy) is 1. The number of halogens is 2. The summed E-state index contributed by atoms with van der Waals surface area (Å²) >= 11 is 6.07. The summed E-state index contributed by atoms with van der Waals surface area (Å²) in [5.41, 5.74) is 4.36. The van der Waals surface area contributed by atoms with Crippen molar-refractivity contribution in [1.82, 2.24) is 5.01 Å². The van der Waals surface area contributed by atoms with Crippen molar-refractivity contribution in [2.75, 3.05) is 11.9 Å². The number of hydrogen-bond donors (Lipinski definition) is 1. The number of hydrazone groups is 1. The van der Waals surface area contributed by atoms with Crippen LogP contribution >= 0.6 is 11.6 Å². The van der Waals surface area contributed by atoms with Crippen molar-refractivity contribution in [3.05, 3.63) is 125 Å². The van der Waals surface area contributed by atoms with Crippen LogP contribution in [-0.2, 0) is 5.41 Å². The van der Waals surface area contributed by atoms with Crippen LogP contribution in [0.2, 0.25) is 5.02 Å². The van der Waals surface area contributed by atoms with Gasteiger partial charge in [0.15, 0.2) is 0 Å². The number of benzene rings is 4. The Hall–Kier alpha value is -4.16. The van der Waals surface area contributed by atoms with Crippen molar-refractivity contribution in [2.24, 2.45) is 5.10 Å². The van der Waals surface area contributed by atoms with E-state index in [2.05, 4.69) is 43.3 Å².